The molecule has 2 rings (SSSR count). The van der Waals surface area contributed by atoms with Crippen LogP contribution in [-0.4, -0.2) is 12.5 Å². The molecule has 0 unspecified atom stereocenters. The normalized spacial score (nSPS) is 10.3. The number of nitrogens with one attached hydrogen (secondary N) is 1. The number of rotatable bonds is 4. The van der Waals surface area contributed by atoms with Crippen molar-refractivity contribution in [1.82, 2.24) is 0 Å². The Morgan fingerprint density at radius 1 is 1.19 bits per heavy atom. The quantitative estimate of drug-likeness (QED) is 0.846. The van der Waals surface area contributed by atoms with E-state index < -0.39 is 0 Å². The summed E-state index contributed by atoms with van der Waals surface area (Å²) in [5.74, 6) is 0.444. The third-order valence-electron chi connectivity index (χ3n) is 2.95. The van der Waals surface area contributed by atoms with Crippen LogP contribution in [0.15, 0.2) is 40.9 Å². The number of halogens is 2. The van der Waals surface area contributed by atoms with Gasteiger partial charge < -0.3 is 10.1 Å². The van der Waals surface area contributed by atoms with Gasteiger partial charge in [0.2, 0.25) is 0 Å². The number of anilines is 1. The molecule has 0 aliphatic rings. The van der Waals surface area contributed by atoms with Gasteiger partial charge in [-0.1, -0.05) is 33.6 Å². The van der Waals surface area contributed by atoms with Gasteiger partial charge in [-0.05, 0) is 55.3 Å². The third kappa shape index (κ3) is 4.48. The lowest BCUT2D eigenvalue weighted by Crippen LogP contribution is -2.20. The molecule has 0 saturated carbocycles. The van der Waals surface area contributed by atoms with Crippen LogP contribution < -0.4 is 10.1 Å². The van der Waals surface area contributed by atoms with E-state index in [1.54, 1.807) is 18.2 Å². The minimum absolute atomic E-state index is 0.0477. The van der Waals surface area contributed by atoms with Crippen LogP contribution in [0.3, 0.4) is 0 Å². The van der Waals surface area contributed by atoms with Crippen molar-refractivity contribution in [1.29, 1.82) is 0 Å². The first-order valence-corrected chi connectivity index (χ1v) is 7.58. The van der Waals surface area contributed by atoms with Crippen LogP contribution in [-0.2, 0) is 4.79 Å². The van der Waals surface area contributed by atoms with Crippen LogP contribution in [0.2, 0.25) is 5.02 Å². The minimum atomic E-state index is -0.208. The Morgan fingerprint density at radius 3 is 2.62 bits per heavy atom. The average molecular weight is 369 g/mol. The molecule has 2 aromatic carbocycles. The van der Waals surface area contributed by atoms with E-state index in [0.717, 1.165) is 21.3 Å². The predicted octanol–water partition coefficient (Wildman–Crippen LogP) is 4.74. The Balaban J connectivity index is 1.94. The first-order chi connectivity index (χ1) is 9.95. The Kier molecular flexibility index (Phi) is 5.26. The van der Waals surface area contributed by atoms with Gasteiger partial charge in [-0.15, -0.1) is 0 Å². The molecule has 0 saturated heterocycles. The summed E-state index contributed by atoms with van der Waals surface area (Å²) >= 11 is 9.31. The lowest BCUT2D eigenvalue weighted by molar-refractivity contribution is -0.118. The summed E-state index contributed by atoms with van der Waals surface area (Å²) in [4.78, 5) is 11.9. The Labute approximate surface area is 137 Å². The Morgan fingerprint density at radius 2 is 1.95 bits per heavy atom. The number of amides is 1. The van der Waals surface area contributed by atoms with Crippen molar-refractivity contribution < 1.29 is 9.53 Å². The summed E-state index contributed by atoms with van der Waals surface area (Å²) in [6.45, 7) is 3.83. The highest BCUT2D eigenvalue weighted by atomic mass is 79.9. The molecule has 0 spiro atoms. The number of benzene rings is 2. The second kappa shape index (κ2) is 6.96. The van der Waals surface area contributed by atoms with Crippen molar-refractivity contribution in [3.8, 4) is 5.75 Å². The maximum absolute atomic E-state index is 11.9. The van der Waals surface area contributed by atoms with Crippen LogP contribution in [0.1, 0.15) is 11.1 Å². The number of hydrogen-bond acceptors (Lipinski definition) is 2. The van der Waals surface area contributed by atoms with Crippen molar-refractivity contribution >= 4 is 39.1 Å². The van der Waals surface area contributed by atoms with E-state index in [9.17, 15) is 4.79 Å². The first kappa shape index (κ1) is 15.9. The summed E-state index contributed by atoms with van der Waals surface area (Å²) in [6, 6.07) is 10.9. The monoisotopic (exact) mass is 367 g/mol. The van der Waals surface area contributed by atoms with Crippen molar-refractivity contribution in [3.63, 3.8) is 0 Å². The molecule has 0 aliphatic heterocycles. The number of carbonyl (C=O) groups is 1. The molecule has 3 nitrogen and oxygen atoms in total. The summed E-state index contributed by atoms with van der Waals surface area (Å²) in [5, 5.41) is 3.44. The SMILES string of the molecule is Cc1ccc(NC(=O)COc2ccc(Cl)cc2C)cc1Br. The van der Waals surface area contributed by atoms with E-state index in [-0.39, 0.29) is 12.5 Å². The fourth-order valence-corrected chi connectivity index (χ4v) is 2.39. The van der Waals surface area contributed by atoms with Gasteiger partial charge in [0, 0.05) is 15.2 Å². The molecule has 0 atom stereocenters. The molecular weight excluding hydrogens is 354 g/mol. The van der Waals surface area contributed by atoms with Crippen LogP contribution >= 0.6 is 27.5 Å². The van der Waals surface area contributed by atoms with Gasteiger partial charge in [0.1, 0.15) is 5.75 Å². The molecule has 0 heterocycles. The molecule has 5 heteroatoms. The Hall–Kier alpha value is -1.52. The fourth-order valence-electron chi connectivity index (χ4n) is 1.79. The maximum Gasteiger partial charge on any atom is 0.262 e. The van der Waals surface area contributed by atoms with Crippen LogP contribution in [0, 0.1) is 13.8 Å². The van der Waals surface area contributed by atoms with E-state index in [1.807, 2.05) is 32.0 Å². The van der Waals surface area contributed by atoms with Crippen molar-refractivity contribution in [2.24, 2.45) is 0 Å². The molecule has 0 radical (unpaired) electrons. The fraction of sp³-hybridized carbons (Fsp3) is 0.188. The standard InChI is InChI=1S/C16H15BrClNO2/c1-10-3-5-13(8-14(10)17)19-16(20)9-21-15-6-4-12(18)7-11(15)2/h3-8H,9H2,1-2H3,(H,19,20). The van der Waals surface area contributed by atoms with Crippen molar-refractivity contribution in [2.45, 2.75) is 13.8 Å². The van der Waals surface area contributed by atoms with Gasteiger partial charge in [0.15, 0.2) is 6.61 Å². The molecule has 0 fully saturated rings. The van der Waals surface area contributed by atoms with Gasteiger partial charge in [0.05, 0.1) is 0 Å². The first-order valence-electron chi connectivity index (χ1n) is 6.40. The van der Waals surface area contributed by atoms with Crippen LogP contribution in [0.25, 0.3) is 0 Å². The lowest BCUT2D eigenvalue weighted by Gasteiger charge is -2.10. The molecule has 2 aromatic rings. The predicted molar refractivity (Wildman–Crippen MR) is 89.2 cm³/mol. The molecule has 1 N–H and O–H groups in total. The van der Waals surface area contributed by atoms with Gasteiger partial charge in [-0.25, -0.2) is 0 Å². The molecule has 1 amide bonds. The average Bonchev–Trinajstić information content (AvgIpc) is 2.42. The van der Waals surface area contributed by atoms with Gasteiger partial charge >= 0.3 is 0 Å². The van der Waals surface area contributed by atoms with Gasteiger partial charge in [-0.2, -0.15) is 0 Å². The molecule has 0 bridgehead atoms. The van der Waals surface area contributed by atoms with E-state index >= 15 is 0 Å². The number of ether oxygens (including phenoxy) is 1. The van der Waals surface area contributed by atoms with E-state index in [1.165, 1.54) is 0 Å². The van der Waals surface area contributed by atoms with Crippen LogP contribution in [0.4, 0.5) is 5.69 Å². The zero-order chi connectivity index (χ0) is 15.4. The summed E-state index contributed by atoms with van der Waals surface area (Å²) < 4.78 is 6.45. The summed E-state index contributed by atoms with van der Waals surface area (Å²) in [7, 11) is 0. The molecular formula is C16H15BrClNO2. The lowest BCUT2D eigenvalue weighted by atomic mass is 10.2. The zero-order valence-corrected chi connectivity index (χ0v) is 14.1. The smallest absolute Gasteiger partial charge is 0.262 e. The maximum atomic E-state index is 11.9. The number of aryl methyl sites for hydroxylation is 2. The van der Waals surface area contributed by atoms with Crippen molar-refractivity contribution in [2.75, 3.05) is 11.9 Å². The van der Waals surface area contributed by atoms with E-state index in [4.69, 9.17) is 16.3 Å². The van der Waals surface area contributed by atoms with Crippen molar-refractivity contribution in [3.05, 3.63) is 57.0 Å². The highest BCUT2D eigenvalue weighted by Crippen LogP contribution is 2.22. The number of hydrogen-bond donors (Lipinski definition) is 1. The molecule has 0 aliphatic carbocycles. The molecule has 110 valence electrons. The topological polar surface area (TPSA) is 38.3 Å². The highest BCUT2D eigenvalue weighted by Gasteiger charge is 2.07. The second-order valence-electron chi connectivity index (χ2n) is 4.71. The Bertz CT molecular complexity index is 673. The summed E-state index contributed by atoms with van der Waals surface area (Å²) in [6.07, 6.45) is 0. The highest BCUT2D eigenvalue weighted by molar-refractivity contribution is 9.10. The number of carbonyl (C=O) groups excluding carboxylic acids is 1. The summed E-state index contributed by atoms with van der Waals surface area (Å²) in [5.41, 5.74) is 2.74. The zero-order valence-electron chi connectivity index (χ0n) is 11.7. The van der Waals surface area contributed by atoms with Crippen LogP contribution in [0.5, 0.6) is 5.75 Å². The minimum Gasteiger partial charge on any atom is -0.483 e. The van der Waals surface area contributed by atoms with E-state index in [2.05, 4.69) is 21.2 Å². The third-order valence-corrected chi connectivity index (χ3v) is 4.04. The van der Waals surface area contributed by atoms with Gasteiger partial charge in [0.25, 0.3) is 5.91 Å². The van der Waals surface area contributed by atoms with Gasteiger partial charge in [-0.3, -0.25) is 4.79 Å². The molecule has 0 aromatic heterocycles. The largest absolute Gasteiger partial charge is 0.483 e. The van der Waals surface area contributed by atoms with E-state index in [0.29, 0.717) is 10.8 Å². The second-order valence-corrected chi connectivity index (χ2v) is 6.00. The molecule has 21 heavy (non-hydrogen) atoms.